The number of ether oxygens (including phenoxy) is 2. The first-order chi connectivity index (χ1) is 8.15. The average Bonchev–Trinajstić information content (AvgIpc) is 2.34. The minimum atomic E-state index is -2.47. The molecule has 1 aromatic carbocycles. The van der Waals surface area contributed by atoms with E-state index >= 15 is 0 Å². The number of halogens is 2. The highest BCUT2D eigenvalue weighted by atomic mass is 19.3. The molecule has 0 spiro atoms. The molecule has 1 aromatic rings. The van der Waals surface area contributed by atoms with Crippen molar-refractivity contribution in [2.45, 2.75) is 19.0 Å². The normalized spacial score (nSPS) is 12.8. The average molecular weight is 246 g/mol. The Morgan fingerprint density at radius 2 is 2.00 bits per heavy atom. The Kier molecular flexibility index (Phi) is 5.86. The van der Waals surface area contributed by atoms with Crippen LogP contribution in [-0.2, 0) is 4.74 Å². The van der Waals surface area contributed by atoms with E-state index in [9.17, 15) is 13.9 Å². The lowest BCUT2D eigenvalue weighted by molar-refractivity contribution is 0.00460. The van der Waals surface area contributed by atoms with E-state index in [1.54, 1.807) is 24.3 Å². The summed E-state index contributed by atoms with van der Waals surface area (Å²) in [7, 11) is 1.51. The predicted octanol–water partition coefficient (Wildman–Crippen LogP) is 2.40. The van der Waals surface area contributed by atoms with Gasteiger partial charge in [0.1, 0.15) is 12.4 Å². The van der Waals surface area contributed by atoms with Gasteiger partial charge in [-0.25, -0.2) is 8.78 Å². The SMILES string of the molecule is COc1ccccc1C(O)CCOCC(F)F. The summed E-state index contributed by atoms with van der Waals surface area (Å²) in [5, 5.41) is 9.85. The molecule has 17 heavy (non-hydrogen) atoms. The van der Waals surface area contributed by atoms with Gasteiger partial charge in [-0.15, -0.1) is 0 Å². The predicted molar refractivity (Wildman–Crippen MR) is 59.4 cm³/mol. The Labute approximate surface area is 99.0 Å². The van der Waals surface area contributed by atoms with Crippen molar-refractivity contribution in [2.24, 2.45) is 0 Å². The lowest BCUT2D eigenvalue weighted by atomic mass is 10.1. The number of benzene rings is 1. The van der Waals surface area contributed by atoms with E-state index in [0.29, 0.717) is 11.3 Å². The lowest BCUT2D eigenvalue weighted by Gasteiger charge is -2.14. The van der Waals surface area contributed by atoms with Crippen molar-refractivity contribution in [3.05, 3.63) is 29.8 Å². The number of rotatable bonds is 7. The van der Waals surface area contributed by atoms with Crippen molar-refractivity contribution in [1.82, 2.24) is 0 Å². The lowest BCUT2D eigenvalue weighted by Crippen LogP contribution is -2.09. The molecule has 0 radical (unpaired) electrons. The van der Waals surface area contributed by atoms with Crippen LogP contribution in [0, 0.1) is 0 Å². The molecule has 0 aliphatic heterocycles. The molecule has 5 heteroatoms. The van der Waals surface area contributed by atoms with E-state index in [0.717, 1.165) is 0 Å². The fourth-order valence-corrected chi connectivity index (χ4v) is 1.46. The molecule has 1 atom stereocenters. The van der Waals surface area contributed by atoms with Gasteiger partial charge in [0, 0.05) is 18.6 Å². The first kappa shape index (κ1) is 13.9. The molecule has 0 fully saturated rings. The maximum absolute atomic E-state index is 11.8. The summed E-state index contributed by atoms with van der Waals surface area (Å²) in [6, 6.07) is 7.04. The highest BCUT2D eigenvalue weighted by molar-refractivity contribution is 5.34. The second-order valence-corrected chi connectivity index (χ2v) is 3.51. The quantitative estimate of drug-likeness (QED) is 0.751. The molecule has 96 valence electrons. The molecule has 0 amide bonds. The second kappa shape index (κ2) is 7.19. The molecule has 0 aliphatic rings. The third kappa shape index (κ3) is 4.66. The number of hydrogen-bond donors (Lipinski definition) is 1. The number of alkyl halides is 2. The summed E-state index contributed by atoms with van der Waals surface area (Å²) in [6.07, 6.45) is -2.99. The molecule has 1 unspecified atom stereocenters. The largest absolute Gasteiger partial charge is 0.496 e. The van der Waals surface area contributed by atoms with Crippen LogP contribution in [0.3, 0.4) is 0 Å². The molecule has 3 nitrogen and oxygen atoms in total. The zero-order valence-electron chi connectivity index (χ0n) is 9.61. The smallest absolute Gasteiger partial charge is 0.261 e. The standard InChI is InChI=1S/C12H16F2O3/c1-16-11-5-3-2-4-9(11)10(15)6-7-17-8-12(13)14/h2-5,10,12,15H,6-8H2,1H3. The van der Waals surface area contributed by atoms with Gasteiger partial charge < -0.3 is 14.6 Å². The monoisotopic (exact) mass is 246 g/mol. The van der Waals surface area contributed by atoms with Crippen molar-refractivity contribution in [3.8, 4) is 5.75 Å². The van der Waals surface area contributed by atoms with E-state index in [4.69, 9.17) is 9.47 Å². The van der Waals surface area contributed by atoms with Gasteiger partial charge in [0.2, 0.25) is 0 Å². The van der Waals surface area contributed by atoms with Gasteiger partial charge in [-0.1, -0.05) is 18.2 Å². The Morgan fingerprint density at radius 1 is 1.29 bits per heavy atom. The van der Waals surface area contributed by atoms with Crippen LogP contribution in [0.1, 0.15) is 18.1 Å². The van der Waals surface area contributed by atoms with Gasteiger partial charge in [0.25, 0.3) is 6.43 Å². The van der Waals surface area contributed by atoms with Crippen LogP contribution in [0.4, 0.5) is 8.78 Å². The molecule has 0 saturated carbocycles. The first-order valence-corrected chi connectivity index (χ1v) is 5.32. The fourth-order valence-electron chi connectivity index (χ4n) is 1.46. The molecule has 0 heterocycles. The van der Waals surface area contributed by atoms with Crippen LogP contribution in [0.15, 0.2) is 24.3 Å². The van der Waals surface area contributed by atoms with Crippen LogP contribution in [0.2, 0.25) is 0 Å². The Bertz CT molecular complexity index is 331. The maximum Gasteiger partial charge on any atom is 0.261 e. The van der Waals surface area contributed by atoms with E-state index in [1.165, 1.54) is 7.11 Å². The van der Waals surface area contributed by atoms with Gasteiger partial charge in [0.15, 0.2) is 0 Å². The third-order valence-electron chi connectivity index (χ3n) is 2.28. The van der Waals surface area contributed by atoms with Gasteiger partial charge >= 0.3 is 0 Å². The fraction of sp³-hybridized carbons (Fsp3) is 0.500. The molecular weight excluding hydrogens is 230 g/mol. The summed E-state index contributed by atoms with van der Waals surface area (Å²) in [5.41, 5.74) is 0.635. The van der Waals surface area contributed by atoms with Crippen LogP contribution in [-0.4, -0.2) is 31.9 Å². The number of aliphatic hydroxyl groups is 1. The van der Waals surface area contributed by atoms with Crippen molar-refractivity contribution < 1.29 is 23.4 Å². The van der Waals surface area contributed by atoms with E-state index < -0.39 is 19.1 Å². The minimum Gasteiger partial charge on any atom is -0.496 e. The summed E-state index contributed by atoms with van der Waals surface area (Å²) in [4.78, 5) is 0. The number of para-hydroxylation sites is 1. The van der Waals surface area contributed by atoms with E-state index in [-0.39, 0.29) is 13.0 Å². The molecule has 0 aromatic heterocycles. The Hall–Kier alpha value is -1.20. The molecule has 1 rings (SSSR count). The highest BCUT2D eigenvalue weighted by Gasteiger charge is 2.12. The summed E-state index contributed by atoms with van der Waals surface area (Å²) in [5.74, 6) is 0.578. The topological polar surface area (TPSA) is 38.7 Å². The molecular formula is C12H16F2O3. The summed E-state index contributed by atoms with van der Waals surface area (Å²) in [6.45, 7) is -0.512. The first-order valence-electron chi connectivity index (χ1n) is 5.32. The maximum atomic E-state index is 11.8. The van der Waals surface area contributed by atoms with Crippen LogP contribution >= 0.6 is 0 Å². The van der Waals surface area contributed by atoms with Crippen molar-refractivity contribution in [3.63, 3.8) is 0 Å². The Balaban J connectivity index is 2.43. The van der Waals surface area contributed by atoms with Gasteiger partial charge in [-0.2, -0.15) is 0 Å². The molecule has 0 aliphatic carbocycles. The third-order valence-corrected chi connectivity index (χ3v) is 2.28. The van der Waals surface area contributed by atoms with Crippen molar-refractivity contribution in [2.75, 3.05) is 20.3 Å². The number of aliphatic hydroxyl groups excluding tert-OH is 1. The summed E-state index contributed by atoms with van der Waals surface area (Å²) >= 11 is 0. The van der Waals surface area contributed by atoms with Gasteiger partial charge in [0.05, 0.1) is 13.2 Å². The summed E-state index contributed by atoms with van der Waals surface area (Å²) < 4.78 is 33.4. The van der Waals surface area contributed by atoms with Crippen LogP contribution in [0.25, 0.3) is 0 Å². The zero-order chi connectivity index (χ0) is 12.7. The van der Waals surface area contributed by atoms with Crippen molar-refractivity contribution in [1.29, 1.82) is 0 Å². The highest BCUT2D eigenvalue weighted by Crippen LogP contribution is 2.26. The Morgan fingerprint density at radius 3 is 2.65 bits per heavy atom. The number of hydrogen-bond acceptors (Lipinski definition) is 3. The van der Waals surface area contributed by atoms with Crippen LogP contribution in [0.5, 0.6) is 5.75 Å². The molecule has 0 bridgehead atoms. The van der Waals surface area contributed by atoms with Crippen LogP contribution < -0.4 is 4.74 Å². The second-order valence-electron chi connectivity index (χ2n) is 3.51. The molecule has 1 N–H and O–H groups in total. The zero-order valence-corrected chi connectivity index (χ0v) is 9.61. The van der Waals surface area contributed by atoms with Gasteiger partial charge in [-0.3, -0.25) is 0 Å². The number of methoxy groups -OCH3 is 1. The van der Waals surface area contributed by atoms with E-state index in [1.807, 2.05) is 0 Å². The van der Waals surface area contributed by atoms with Crippen molar-refractivity contribution >= 4 is 0 Å². The van der Waals surface area contributed by atoms with E-state index in [2.05, 4.69) is 0 Å². The minimum absolute atomic E-state index is 0.0869. The van der Waals surface area contributed by atoms with Gasteiger partial charge in [-0.05, 0) is 6.07 Å². The molecule has 0 saturated heterocycles.